The van der Waals surface area contributed by atoms with Crippen molar-refractivity contribution in [3.8, 4) is 0 Å². The van der Waals surface area contributed by atoms with E-state index in [9.17, 15) is 4.79 Å². The van der Waals surface area contributed by atoms with Crippen LogP contribution in [0.5, 0.6) is 0 Å². The van der Waals surface area contributed by atoms with Gasteiger partial charge in [-0.3, -0.25) is 4.79 Å². The summed E-state index contributed by atoms with van der Waals surface area (Å²) in [7, 11) is 0. The molecule has 6 heteroatoms. The third kappa shape index (κ3) is 4.91. The Bertz CT molecular complexity index is 835. The first-order chi connectivity index (χ1) is 14.7. The fraction of sp³-hybridized carbons (Fsp3) is 0.542. The quantitative estimate of drug-likeness (QED) is 0.764. The number of aryl methyl sites for hydroxylation is 1. The number of rotatable bonds is 7. The highest BCUT2D eigenvalue weighted by Crippen LogP contribution is 2.26. The van der Waals surface area contributed by atoms with Crippen molar-refractivity contribution < 1.29 is 4.79 Å². The summed E-state index contributed by atoms with van der Waals surface area (Å²) in [4.78, 5) is 26.8. The van der Waals surface area contributed by atoms with E-state index in [1.165, 1.54) is 24.9 Å². The Morgan fingerprint density at radius 3 is 2.77 bits per heavy atom. The van der Waals surface area contributed by atoms with Crippen molar-refractivity contribution in [2.45, 2.75) is 45.4 Å². The zero-order valence-corrected chi connectivity index (χ0v) is 18.0. The molecule has 1 N–H and O–H groups in total. The minimum Gasteiger partial charge on any atom is -0.370 e. The molecular formula is C24H33N5O. The van der Waals surface area contributed by atoms with E-state index in [4.69, 9.17) is 4.98 Å². The van der Waals surface area contributed by atoms with Gasteiger partial charge >= 0.3 is 0 Å². The van der Waals surface area contributed by atoms with Crippen molar-refractivity contribution >= 4 is 17.5 Å². The normalized spacial score (nSPS) is 18.6. The van der Waals surface area contributed by atoms with Crippen LogP contribution in [0.15, 0.2) is 36.5 Å². The van der Waals surface area contributed by atoms with E-state index < -0.39 is 0 Å². The fourth-order valence-corrected chi connectivity index (χ4v) is 4.53. The summed E-state index contributed by atoms with van der Waals surface area (Å²) in [6.45, 7) is 6.66. The Labute approximate surface area is 179 Å². The molecule has 2 heterocycles. The van der Waals surface area contributed by atoms with E-state index in [1.807, 2.05) is 12.3 Å². The molecule has 160 valence electrons. The number of para-hydroxylation sites is 1. The molecular weight excluding hydrogens is 374 g/mol. The number of hydrogen-bond donors (Lipinski definition) is 1. The number of amides is 1. The molecule has 1 amide bonds. The highest BCUT2D eigenvalue weighted by molar-refractivity contribution is 5.79. The number of benzene rings is 1. The highest BCUT2D eigenvalue weighted by Gasteiger charge is 2.26. The van der Waals surface area contributed by atoms with Crippen LogP contribution in [0, 0.1) is 5.92 Å². The topological polar surface area (TPSA) is 61.4 Å². The van der Waals surface area contributed by atoms with E-state index >= 15 is 0 Å². The zero-order valence-electron chi connectivity index (χ0n) is 18.0. The molecule has 2 aliphatic rings. The molecule has 4 rings (SSSR count). The highest BCUT2D eigenvalue weighted by atomic mass is 16.1. The van der Waals surface area contributed by atoms with E-state index in [0.29, 0.717) is 6.54 Å². The first-order valence-electron chi connectivity index (χ1n) is 11.4. The molecule has 0 spiro atoms. The van der Waals surface area contributed by atoms with Gasteiger partial charge in [-0.25, -0.2) is 9.97 Å². The molecule has 1 atom stereocenters. The van der Waals surface area contributed by atoms with Gasteiger partial charge in [0.05, 0.1) is 0 Å². The molecule has 6 nitrogen and oxygen atoms in total. The molecule has 0 saturated carbocycles. The number of nitrogens with one attached hydrogen (secondary N) is 1. The third-order valence-corrected chi connectivity index (χ3v) is 6.33. The van der Waals surface area contributed by atoms with Crippen molar-refractivity contribution in [3.05, 3.63) is 47.8 Å². The second kappa shape index (κ2) is 9.92. The van der Waals surface area contributed by atoms with Gasteiger partial charge in [0.15, 0.2) is 0 Å². The number of carbonyl (C=O) groups is 1. The molecule has 1 aliphatic heterocycles. The van der Waals surface area contributed by atoms with Crippen molar-refractivity contribution in [2.75, 3.05) is 42.5 Å². The Morgan fingerprint density at radius 1 is 1.20 bits per heavy atom. The van der Waals surface area contributed by atoms with Gasteiger partial charge < -0.3 is 15.1 Å². The maximum atomic E-state index is 12.7. The fourth-order valence-electron chi connectivity index (χ4n) is 4.53. The maximum absolute atomic E-state index is 12.7. The van der Waals surface area contributed by atoms with Crippen molar-refractivity contribution in [3.63, 3.8) is 0 Å². The Kier molecular flexibility index (Phi) is 6.82. The lowest BCUT2D eigenvalue weighted by Crippen LogP contribution is -2.39. The van der Waals surface area contributed by atoms with Gasteiger partial charge in [0.25, 0.3) is 0 Å². The van der Waals surface area contributed by atoms with Gasteiger partial charge in [-0.15, -0.1) is 0 Å². The van der Waals surface area contributed by atoms with Crippen LogP contribution < -0.4 is 15.1 Å². The Morgan fingerprint density at radius 2 is 2.00 bits per heavy atom. The molecule has 1 aromatic carbocycles. The van der Waals surface area contributed by atoms with Gasteiger partial charge in [0, 0.05) is 56.2 Å². The van der Waals surface area contributed by atoms with Gasteiger partial charge in [0.2, 0.25) is 11.9 Å². The largest absolute Gasteiger partial charge is 0.370 e. The summed E-state index contributed by atoms with van der Waals surface area (Å²) in [5, 5.41) is 3.15. The lowest BCUT2D eigenvalue weighted by atomic mass is 9.86. The summed E-state index contributed by atoms with van der Waals surface area (Å²) in [5.74, 6) is 1.05. The molecule has 0 radical (unpaired) electrons. The Balaban J connectivity index is 1.29. The molecule has 30 heavy (non-hydrogen) atoms. The first kappa shape index (κ1) is 20.6. The Hall–Kier alpha value is -2.63. The van der Waals surface area contributed by atoms with Crippen LogP contribution >= 0.6 is 0 Å². The van der Waals surface area contributed by atoms with Crippen LogP contribution in [0.3, 0.4) is 0 Å². The average molecular weight is 408 g/mol. The minimum absolute atomic E-state index is 0.0220. The predicted octanol–water partition coefficient (Wildman–Crippen LogP) is 3.21. The molecule has 0 bridgehead atoms. The zero-order chi connectivity index (χ0) is 20.8. The van der Waals surface area contributed by atoms with Crippen molar-refractivity contribution in [1.29, 1.82) is 0 Å². The number of nitrogens with zero attached hydrogens (tertiary/aromatic N) is 4. The summed E-state index contributed by atoms with van der Waals surface area (Å²) in [6.07, 6.45) is 8.19. The smallest absolute Gasteiger partial charge is 0.225 e. The number of hydrogen-bond acceptors (Lipinski definition) is 5. The number of fused-ring (bicyclic) bond motifs is 1. The molecule has 1 unspecified atom stereocenters. The number of piperidine rings is 1. The second-order valence-corrected chi connectivity index (χ2v) is 8.34. The van der Waals surface area contributed by atoms with E-state index in [2.05, 4.69) is 51.3 Å². The van der Waals surface area contributed by atoms with Crippen LogP contribution in [0.2, 0.25) is 0 Å². The maximum Gasteiger partial charge on any atom is 0.225 e. The minimum atomic E-state index is 0.0220. The SMILES string of the molecule is CCN(CCNC(=O)C1CCc2nc(N3CCCCC3)ncc2C1)c1ccccc1. The second-order valence-electron chi connectivity index (χ2n) is 8.34. The summed E-state index contributed by atoms with van der Waals surface area (Å²) < 4.78 is 0. The summed E-state index contributed by atoms with van der Waals surface area (Å²) in [5.41, 5.74) is 3.47. The van der Waals surface area contributed by atoms with Crippen LogP contribution in [-0.2, 0) is 17.6 Å². The molecule has 1 aromatic heterocycles. The standard InChI is InChI=1S/C24H33N5O/c1-2-28(21-9-5-3-6-10-21)16-13-25-23(30)19-11-12-22-20(17-19)18-26-24(27-22)29-14-7-4-8-15-29/h3,5-6,9-10,18-19H,2,4,7-8,11-17H2,1H3,(H,25,30). The number of likely N-dealkylation sites (N-methyl/N-ethyl adjacent to an activating group) is 1. The summed E-state index contributed by atoms with van der Waals surface area (Å²) in [6, 6.07) is 10.4. The van der Waals surface area contributed by atoms with Crippen LogP contribution in [0.4, 0.5) is 11.6 Å². The lowest BCUT2D eigenvalue weighted by molar-refractivity contribution is -0.125. The van der Waals surface area contributed by atoms with E-state index in [1.54, 1.807) is 0 Å². The van der Waals surface area contributed by atoms with Crippen LogP contribution in [-0.4, -0.2) is 48.6 Å². The predicted molar refractivity (Wildman–Crippen MR) is 121 cm³/mol. The van der Waals surface area contributed by atoms with Gasteiger partial charge in [0.1, 0.15) is 0 Å². The van der Waals surface area contributed by atoms with Gasteiger partial charge in [-0.1, -0.05) is 18.2 Å². The third-order valence-electron chi connectivity index (χ3n) is 6.33. The summed E-state index contributed by atoms with van der Waals surface area (Å²) >= 11 is 0. The molecule has 2 aromatic rings. The van der Waals surface area contributed by atoms with Crippen molar-refractivity contribution in [1.82, 2.24) is 15.3 Å². The van der Waals surface area contributed by atoms with Crippen LogP contribution in [0.1, 0.15) is 43.9 Å². The molecule has 1 saturated heterocycles. The first-order valence-corrected chi connectivity index (χ1v) is 11.4. The number of carbonyl (C=O) groups excluding carboxylic acids is 1. The van der Waals surface area contributed by atoms with Gasteiger partial charge in [-0.05, 0) is 63.1 Å². The van der Waals surface area contributed by atoms with E-state index in [0.717, 1.165) is 62.6 Å². The lowest BCUT2D eigenvalue weighted by Gasteiger charge is -2.29. The van der Waals surface area contributed by atoms with Crippen molar-refractivity contribution in [2.24, 2.45) is 5.92 Å². The van der Waals surface area contributed by atoms with E-state index in [-0.39, 0.29) is 11.8 Å². The molecule has 1 fully saturated rings. The number of anilines is 2. The number of aromatic nitrogens is 2. The monoisotopic (exact) mass is 407 g/mol. The average Bonchev–Trinajstić information content (AvgIpc) is 2.82. The van der Waals surface area contributed by atoms with Gasteiger partial charge in [-0.2, -0.15) is 0 Å². The molecule has 1 aliphatic carbocycles. The van der Waals surface area contributed by atoms with Crippen LogP contribution in [0.25, 0.3) is 0 Å².